The number of amidine groups is 1. The molecular formula is C14H13FN4O2S. The maximum Gasteiger partial charge on any atom is 0.286 e. The molecule has 1 aliphatic heterocycles. The number of benzene rings is 1. The van der Waals surface area contributed by atoms with Crippen LogP contribution in [0.4, 0.5) is 10.1 Å². The van der Waals surface area contributed by atoms with E-state index in [0.717, 1.165) is 6.07 Å². The maximum atomic E-state index is 13.6. The summed E-state index contributed by atoms with van der Waals surface area (Å²) >= 11 is 0. The molecule has 0 aliphatic carbocycles. The van der Waals surface area contributed by atoms with Crippen molar-refractivity contribution in [1.82, 2.24) is 10.4 Å². The Hall–Kier alpha value is -2.32. The second-order valence-electron chi connectivity index (χ2n) is 4.59. The van der Waals surface area contributed by atoms with E-state index in [2.05, 4.69) is 14.8 Å². The summed E-state index contributed by atoms with van der Waals surface area (Å²) in [4.78, 5) is 3.93. The lowest BCUT2D eigenvalue weighted by Crippen LogP contribution is -2.46. The van der Waals surface area contributed by atoms with E-state index in [4.69, 9.17) is 0 Å². The lowest BCUT2D eigenvalue weighted by molar-refractivity contribution is 0.593. The van der Waals surface area contributed by atoms with Crippen molar-refractivity contribution in [2.45, 2.75) is 11.8 Å². The van der Waals surface area contributed by atoms with Crippen LogP contribution in [-0.2, 0) is 10.0 Å². The maximum absolute atomic E-state index is 13.6. The van der Waals surface area contributed by atoms with Crippen LogP contribution in [0.15, 0.2) is 52.0 Å². The zero-order valence-corrected chi connectivity index (χ0v) is 12.5. The van der Waals surface area contributed by atoms with E-state index >= 15 is 0 Å². The van der Waals surface area contributed by atoms with Crippen LogP contribution in [0.2, 0.25) is 0 Å². The number of aromatic nitrogens is 1. The molecule has 1 aliphatic rings. The zero-order chi connectivity index (χ0) is 15.7. The van der Waals surface area contributed by atoms with Crippen LogP contribution < -0.4 is 10.4 Å². The third-order valence-electron chi connectivity index (χ3n) is 3.09. The summed E-state index contributed by atoms with van der Waals surface area (Å²) in [6, 6.07) is 6.85. The molecule has 2 aromatic rings. The molecule has 1 aromatic heterocycles. The number of sulfonamides is 1. The molecule has 0 radical (unpaired) electrons. The number of rotatable bonds is 3. The SMILES string of the molecule is CCNN1C(c2cccnc2)=NS(=O)(=O)c2ccc(F)cc21. The van der Waals surface area contributed by atoms with Crippen LogP contribution in [0, 0.1) is 5.82 Å². The summed E-state index contributed by atoms with van der Waals surface area (Å²) in [7, 11) is -3.90. The fourth-order valence-corrected chi connectivity index (χ4v) is 3.36. The van der Waals surface area contributed by atoms with E-state index in [0.29, 0.717) is 12.1 Å². The normalized spacial score (nSPS) is 16.1. The summed E-state index contributed by atoms with van der Waals surface area (Å²) in [5.74, 6) is -0.364. The van der Waals surface area contributed by atoms with Gasteiger partial charge in [0.15, 0.2) is 5.84 Å². The predicted molar refractivity (Wildman–Crippen MR) is 80.5 cm³/mol. The van der Waals surface area contributed by atoms with Gasteiger partial charge in [-0.25, -0.2) is 9.82 Å². The Morgan fingerprint density at radius 1 is 1.32 bits per heavy atom. The van der Waals surface area contributed by atoms with Gasteiger partial charge in [0.05, 0.1) is 5.69 Å². The summed E-state index contributed by atoms with van der Waals surface area (Å²) in [5.41, 5.74) is 3.72. The van der Waals surface area contributed by atoms with Crippen LogP contribution in [0.3, 0.4) is 0 Å². The van der Waals surface area contributed by atoms with Crippen LogP contribution in [-0.4, -0.2) is 25.8 Å². The van der Waals surface area contributed by atoms with E-state index in [9.17, 15) is 12.8 Å². The van der Waals surface area contributed by atoms with Crippen molar-refractivity contribution < 1.29 is 12.8 Å². The lowest BCUT2D eigenvalue weighted by Gasteiger charge is -2.30. The standard InChI is InChI=1S/C14H13FN4O2S/c1-2-17-19-12-8-11(15)5-6-13(12)22(20,21)18-14(19)10-4-3-7-16-9-10/h3-9,17H,2H2,1H3. The molecule has 0 atom stereocenters. The Bertz CT molecular complexity index is 837. The van der Waals surface area contributed by atoms with Crippen molar-refractivity contribution in [2.75, 3.05) is 11.6 Å². The topological polar surface area (TPSA) is 74.7 Å². The molecule has 22 heavy (non-hydrogen) atoms. The highest BCUT2D eigenvalue weighted by molar-refractivity contribution is 7.90. The monoisotopic (exact) mass is 320 g/mol. The van der Waals surface area contributed by atoms with Gasteiger partial charge in [0.2, 0.25) is 0 Å². The number of pyridine rings is 1. The third kappa shape index (κ3) is 2.46. The quantitative estimate of drug-likeness (QED) is 0.932. The fourth-order valence-electron chi connectivity index (χ4n) is 2.20. The van der Waals surface area contributed by atoms with Crippen molar-refractivity contribution >= 4 is 21.5 Å². The second-order valence-corrected chi connectivity index (χ2v) is 6.16. The highest BCUT2D eigenvalue weighted by Crippen LogP contribution is 2.32. The molecule has 0 saturated heterocycles. The Morgan fingerprint density at radius 3 is 2.82 bits per heavy atom. The van der Waals surface area contributed by atoms with Gasteiger partial charge in [0.1, 0.15) is 10.7 Å². The molecular weight excluding hydrogens is 307 g/mol. The van der Waals surface area contributed by atoms with E-state index in [1.165, 1.54) is 23.3 Å². The van der Waals surface area contributed by atoms with Gasteiger partial charge in [-0.3, -0.25) is 9.99 Å². The minimum Gasteiger partial charge on any atom is -0.264 e. The van der Waals surface area contributed by atoms with E-state index in [1.54, 1.807) is 18.3 Å². The number of anilines is 1. The van der Waals surface area contributed by atoms with Gasteiger partial charge in [-0.15, -0.1) is 4.40 Å². The Labute approximate surface area is 127 Å². The Morgan fingerprint density at radius 2 is 2.14 bits per heavy atom. The van der Waals surface area contributed by atoms with Crippen molar-refractivity contribution in [3.05, 3.63) is 54.1 Å². The molecule has 0 spiro atoms. The first-order valence-corrected chi connectivity index (χ1v) is 8.05. The lowest BCUT2D eigenvalue weighted by atomic mass is 10.2. The first-order chi connectivity index (χ1) is 10.5. The molecule has 6 nitrogen and oxygen atoms in total. The molecule has 2 heterocycles. The van der Waals surface area contributed by atoms with Gasteiger partial charge in [0.25, 0.3) is 10.0 Å². The van der Waals surface area contributed by atoms with Gasteiger partial charge in [-0.05, 0) is 24.3 Å². The van der Waals surface area contributed by atoms with Crippen LogP contribution in [0.5, 0.6) is 0 Å². The molecule has 1 aromatic carbocycles. The van der Waals surface area contributed by atoms with Crippen molar-refractivity contribution in [3.63, 3.8) is 0 Å². The number of nitrogens with one attached hydrogen (secondary N) is 1. The average molecular weight is 320 g/mol. The van der Waals surface area contributed by atoms with Crippen LogP contribution in [0.25, 0.3) is 0 Å². The van der Waals surface area contributed by atoms with Crippen molar-refractivity contribution in [2.24, 2.45) is 4.40 Å². The van der Waals surface area contributed by atoms with Crippen LogP contribution >= 0.6 is 0 Å². The van der Waals surface area contributed by atoms with Crippen molar-refractivity contribution in [3.8, 4) is 0 Å². The highest BCUT2D eigenvalue weighted by Gasteiger charge is 2.32. The summed E-state index contributed by atoms with van der Waals surface area (Å²) in [5, 5.41) is 1.47. The predicted octanol–water partition coefficient (Wildman–Crippen LogP) is 1.70. The Kier molecular flexibility index (Phi) is 3.63. The van der Waals surface area contributed by atoms with Crippen LogP contribution in [0.1, 0.15) is 12.5 Å². The number of hydrogen-bond acceptors (Lipinski definition) is 5. The van der Waals surface area contributed by atoms with E-state index in [1.807, 2.05) is 6.92 Å². The summed E-state index contributed by atoms with van der Waals surface area (Å²) in [6.07, 6.45) is 3.08. The average Bonchev–Trinajstić information content (AvgIpc) is 2.50. The Balaban J connectivity index is 2.24. The van der Waals surface area contributed by atoms with E-state index in [-0.39, 0.29) is 16.4 Å². The smallest absolute Gasteiger partial charge is 0.264 e. The van der Waals surface area contributed by atoms with Crippen molar-refractivity contribution in [1.29, 1.82) is 0 Å². The number of hydrazine groups is 1. The van der Waals surface area contributed by atoms with Gasteiger partial charge < -0.3 is 0 Å². The van der Waals surface area contributed by atoms with Gasteiger partial charge >= 0.3 is 0 Å². The second kappa shape index (κ2) is 5.47. The first-order valence-electron chi connectivity index (χ1n) is 6.61. The number of nitrogens with zero attached hydrogens (tertiary/aromatic N) is 3. The molecule has 114 valence electrons. The number of halogens is 1. The largest absolute Gasteiger partial charge is 0.286 e. The zero-order valence-electron chi connectivity index (χ0n) is 11.7. The minimum absolute atomic E-state index is 0.0394. The molecule has 0 fully saturated rings. The minimum atomic E-state index is -3.90. The summed E-state index contributed by atoms with van der Waals surface area (Å²) in [6.45, 7) is 2.36. The molecule has 0 bridgehead atoms. The first kappa shape index (κ1) is 14.6. The third-order valence-corrected chi connectivity index (χ3v) is 4.41. The number of hydrogen-bond donors (Lipinski definition) is 1. The number of fused-ring (bicyclic) bond motifs is 1. The molecule has 3 rings (SSSR count). The molecule has 0 amide bonds. The molecule has 0 unspecified atom stereocenters. The highest BCUT2D eigenvalue weighted by atomic mass is 32.2. The van der Waals surface area contributed by atoms with E-state index < -0.39 is 15.8 Å². The fraction of sp³-hybridized carbons (Fsp3) is 0.143. The van der Waals surface area contributed by atoms with Gasteiger partial charge in [-0.1, -0.05) is 6.92 Å². The molecule has 8 heteroatoms. The van der Waals surface area contributed by atoms with Gasteiger partial charge in [0, 0.05) is 30.6 Å². The molecule has 1 N–H and O–H groups in total. The molecule has 0 saturated carbocycles. The summed E-state index contributed by atoms with van der Waals surface area (Å²) < 4.78 is 42.1. The van der Waals surface area contributed by atoms with Gasteiger partial charge in [-0.2, -0.15) is 8.42 Å².